The lowest BCUT2D eigenvalue weighted by Gasteiger charge is -2.57. The Labute approximate surface area is 186 Å². The van der Waals surface area contributed by atoms with E-state index in [2.05, 4.69) is 27.0 Å². The molecule has 3 saturated carbocycles. The van der Waals surface area contributed by atoms with E-state index < -0.39 is 0 Å². The topological polar surface area (TPSA) is 20.3 Å². The number of unbranched alkanes of at least 4 members (excludes halogenated alkanes) is 5. The average molecular weight is 414 g/mol. The molecule has 1 unspecified atom stereocenters. The van der Waals surface area contributed by atoms with E-state index in [9.17, 15) is 4.79 Å². The van der Waals surface area contributed by atoms with Gasteiger partial charge in [-0.15, -0.1) is 0 Å². The van der Waals surface area contributed by atoms with E-state index in [0.717, 1.165) is 36.5 Å². The lowest BCUT2D eigenvalue weighted by Crippen LogP contribution is -2.49. The summed E-state index contributed by atoms with van der Waals surface area (Å²) in [6.45, 7) is 7.51. The largest absolute Gasteiger partial charge is 0.322 e. The van der Waals surface area contributed by atoms with Crippen LogP contribution in [-0.4, -0.2) is 17.9 Å². The molecule has 0 radical (unpaired) electrons. The second-order valence-corrected chi connectivity index (χ2v) is 11.9. The quantitative estimate of drug-likeness (QED) is 0.391. The molecule has 0 aromatic rings. The van der Waals surface area contributed by atoms with E-state index in [4.69, 9.17) is 0 Å². The number of carbonyl (C=O) groups is 1. The summed E-state index contributed by atoms with van der Waals surface area (Å²) in [6, 6.07) is 0. The van der Waals surface area contributed by atoms with Gasteiger partial charge in [0.15, 0.2) is 0 Å². The van der Waals surface area contributed by atoms with Crippen molar-refractivity contribution in [1.29, 1.82) is 0 Å². The molecule has 170 valence electrons. The zero-order valence-corrected chi connectivity index (χ0v) is 20.3. The number of nitrogens with zero attached hydrogens (tertiary/aromatic N) is 1. The van der Waals surface area contributed by atoms with Crippen LogP contribution in [0.25, 0.3) is 0 Å². The average Bonchev–Trinajstić information content (AvgIpc) is 3.01. The maximum absolute atomic E-state index is 12.4. The van der Waals surface area contributed by atoms with E-state index in [1.54, 1.807) is 5.57 Å². The number of carbonyl (C=O) groups excluding carboxylic acids is 1. The Kier molecular flexibility index (Phi) is 6.71. The smallest absolute Gasteiger partial charge is 0.226 e. The zero-order valence-electron chi connectivity index (χ0n) is 20.3. The number of amides is 1. The highest BCUT2D eigenvalue weighted by Crippen LogP contribution is 2.66. The molecule has 1 amide bonds. The molecule has 0 bridgehead atoms. The molecule has 3 fully saturated rings. The summed E-state index contributed by atoms with van der Waals surface area (Å²) in [4.78, 5) is 14.3. The SMILES string of the molecule is CCCCCCCCC1CC[C@H]2[C@@H]3CCC4=CN(C)C(=O)CC[C@]4(C)[C@H]3CC[C@]12C. The summed E-state index contributed by atoms with van der Waals surface area (Å²) in [6.07, 6.45) is 22.5. The number of allylic oxidation sites excluding steroid dienone is 1. The minimum atomic E-state index is 0.266. The van der Waals surface area contributed by atoms with E-state index in [1.165, 1.54) is 83.5 Å². The third-order valence-corrected chi connectivity index (χ3v) is 10.4. The second kappa shape index (κ2) is 8.99. The number of hydrogen-bond acceptors (Lipinski definition) is 1. The van der Waals surface area contributed by atoms with Crippen molar-refractivity contribution < 1.29 is 4.79 Å². The summed E-state index contributed by atoms with van der Waals surface area (Å²) in [5, 5.41) is 0. The Bertz CT molecular complexity index is 653. The Morgan fingerprint density at radius 1 is 0.933 bits per heavy atom. The first-order chi connectivity index (χ1) is 14.4. The van der Waals surface area contributed by atoms with Gasteiger partial charge in [0.2, 0.25) is 5.91 Å². The van der Waals surface area contributed by atoms with Crippen molar-refractivity contribution in [3.05, 3.63) is 11.8 Å². The van der Waals surface area contributed by atoms with Crippen molar-refractivity contribution in [3.63, 3.8) is 0 Å². The van der Waals surface area contributed by atoms with Crippen molar-refractivity contribution in [1.82, 2.24) is 4.90 Å². The zero-order chi connectivity index (χ0) is 21.4. The van der Waals surface area contributed by atoms with Crippen LogP contribution in [0.15, 0.2) is 11.8 Å². The van der Waals surface area contributed by atoms with Gasteiger partial charge in [-0.2, -0.15) is 0 Å². The van der Waals surface area contributed by atoms with Crippen molar-refractivity contribution in [2.45, 2.75) is 117 Å². The highest BCUT2D eigenvalue weighted by atomic mass is 16.2. The van der Waals surface area contributed by atoms with Crippen LogP contribution in [0.1, 0.15) is 117 Å². The molecule has 4 aliphatic rings. The van der Waals surface area contributed by atoms with Gasteiger partial charge in [0.05, 0.1) is 0 Å². The monoisotopic (exact) mass is 413 g/mol. The van der Waals surface area contributed by atoms with Crippen LogP contribution >= 0.6 is 0 Å². The fourth-order valence-corrected chi connectivity index (χ4v) is 8.49. The molecule has 3 aliphatic carbocycles. The Balaban J connectivity index is 1.42. The van der Waals surface area contributed by atoms with Gasteiger partial charge in [-0.1, -0.05) is 59.3 Å². The maximum Gasteiger partial charge on any atom is 0.226 e. The molecule has 0 saturated heterocycles. The lowest BCUT2D eigenvalue weighted by molar-refractivity contribution is -0.128. The summed E-state index contributed by atoms with van der Waals surface area (Å²) in [5.74, 6) is 3.94. The Morgan fingerprint density at radius 3 is 2.50 bits per heavy atom. The summed E-state index contributed by atoms with van der Waals surface area (Å²) < 4.78 is 0. The van der Waals surface area contributed by atoms with Crippen LogP contribution in [0.2, 0.25) is 0 Å². The van der Waals surface area contributed by atoms with Crippen molar-refractivity contribution >= 4 is 5.91 Å². The van der Waals surface area contributed by atoms with E-state index in [-0.39, 0.29) is 5.41 Å². The van der Waals surface area contributed by atoms with Crippen LogP contribution in [0.3, 0.4) is 0 Å². The third-order valence-electron chi connectivity index (χ3n) is 10.4. The first kappa shape index (κ1) is 22.4. The molecule has 2 heteroatoms. The second-order valence-electron chi connectivity index (χ2n) is 11.9. The van der Waals surface area contributed by atoms with E-state index in [0.29, 0.717) is 11.3 Å². The standard InChI is InChI=1S/C28H47NO/c1-5-6-7-8-9-10-11-21-13-15-24-23-14-12-22-20-29(4)26(30)17-19-28(22,3)25(23)16-18-27(21,24)2/h20-21,23-25H,5-19H2,1-4H3/t21?,23-,24-,25-,27+,28-/m0/s1. The molecule has 30 heavy (non-hydrogen) atoms. The van der Waals surface area contributed by atoms with Crippen molar-refractivity contribution in [2.24, 2.45) is 34.5 Å². The van der Waals surface area contributed by atoms with Crippen LogP contribution in [0.4, 0.5) is 0 Å². The summed E-state index contributed by atoms with van der Waals surface area (Å²) in [7, 11) is 1.97. The number of fused-ring (bicyclic) bond motifs is 5. The van der Waals surface area contributed by atoms with Crippen molar-refractivity contribution in [2.75, 3.05) is 7.05 Å². The fraction of sp³-hybridized carbons (Fsp3) is 0.893. The normalized spacial score (nSPS) is 41.0. The van der Waals surface area contributed by atoms with Crippen LogP contribution in [0, 0.1) is 34.5 Å². The molecular formula is C28H47NO. The molecule has 0 N–H and O–H groups in total. The number of hydrogen-bond donors (Lipinski definition) is 0. The van der Waals surface area contributed by atoms with Crippen LogP contribution < -0.4 is 0 Å². The molecule has 2 nitrogen and oxygen atoms in total. The first-order valence-corrected chi connectivity index (χ1v) is 13.4. The van der Waals surface area contributed by atoms with Gasteiger partial charge in [-0.05, 0) is 91.4 Å². The molecule has 6 atom stereocenters. The van der Waals surface area contributed by atoms with Gasteiger partial charge >= 0.3 is 0 Å². The van der Waals surface area contributed by atoms with Crippen LogP contribution in [0.5, 0.6) is 0 Å². The fourth-order valence-electron chi connectivity index (χ4n) is 8.49. The molecule has 0 aromatic heterocycles. The van der Waals surface area contributed by atoms with E-state index >= 15 is 0 Å². The van der Waals surface area contributed by atoms with E-state index in [1.807, 2.05) is 11.9 Å². The lowest BCUT2D eigenvalue weighted by atomic mass is 9.47. The highest BCUT2D eigenvalue weighted by Gasteiger charge is 2.58. The molecule has 4 rings (SSSR count). The minimum Gasteiger partial charge on any atom is -0.322 e. The Morgan fingerprint density at radius 2 is 1.70 bits per heavy atom. The molecule has 1 aliphatic heterocycles. The Hall–Kier alpha value is -0.790. The van der Waals surface area contributed by atoms with Gasteiger partial charge in [0.1, 0.15) is 0 Å². The molecule has 0 spiro atoms. The van der Waals surface area contributed by atoms with Gasteiger partial charge in [0, 0.05) is 19.7 Å². The summed E-state index contributed by atoms with van der Waals surface area (Å²) in [5.41, 5.74) is 2.45. The van der Waals surface area contributed by atoms with Crippen LogP contribution in [-0.2, 0) is 4.79 Å². The predicted molar refractivity (Wildman–Crippen MR) is 126 cm³/mol. The predicted octanol–water partition coefficient (Wildman–Crippen LogP) is 7.73. The van der Waals surface area contributed by atoms with Crippen molar-refractivity contribution in [3.8, 4) is 0 Å². The van der Waals surface area contributed by atoms with Gasteiger partial charge in [0.25, 0.3) is 0 Å². The van der Waals surface area contributed by atoms with Gasteiger partial charge < -0.3 is 4.90 Å². The number of rotatable bonds is 7. The minimum absolute atomic E-state index is 0.266. The summed E-state index contributed by atoms with van der Waals surface area (Å²) >= 11 is 0. The van der Waals surface area contributed by atoms with Gasteiger partial charge in [-0.3, -0.25) is 4.79 Å². The molecule has 0 aromatic carbocycles. The highest BCUT2D eigenvalue weighted by molar-refractivity contribution is 5.77. The third kappa shape index (κ3) is 3.90. The first-order valence-electron chi connectivity index (χ1n) is 13.4. The molecule has 1 heterocycles. The van der Waals surface area contributed by atoms with Gasteiger partial charge in [-0.25, -0.2) is 0 Å². The molecular weight excluding hydrogens is 366 g/mol. The maximum atomic E-state index is 12.4.